The molecule has 0 bridgehead atoms. The minimum Gasteiger partial charge on any atom is -0.480 e. The molecule has 1 saturated heterocycles. The molecule has 0 radical (unpaired) electrons. The lowest BCUT2D eigenvalue weighted by molar-refractivity contribution is -0.146. The number of hydrogen-bond donors (Lipinski definition) is 1. The average molecular weight is 324 g/mol. The molecular weight excluding hydrogens is 308 g/mol. The second-order valence-corrected chi connectivity index (χ2v) is 6.86. The van der Waals surface area contributed by atoms with Gasteiger partial charge in [-0.25, -0.2) is 4.79 Å². The van der Waals surface area contributed by atoms with Gasteiger partial charge in [0, 0.05) is 19.4 Å². The number of hydrogen-bond acceptors (Lipinski definition) is 4. The van der Waals surface area contributed by atoms with E-state index in [0.717, 1.165) is 17.3 Å². The van der Waals surface area contributed by atoms with Crippen LogP contribution in [0.5, 0.6) is 0 Å². The number of thioether (sulfide) groups is 1. The number of nitrogens with zero attached hydrogens (tertiary/aromatic N) is 2. The maximum atomic E-state index is 12.5. The predicted octanol–water partition coefficient (Wildman–Crippen LogP) is 2.34. The van der Waals surface area contributed by atoms with Crippen molar-refractivity contribution in [3.05, 3.63) is 28.9 Å². The normalized spacial score (nSPS) is 18.9. The zero-order chi connectivity index (χ0) is 15.7. The van der Waals surface area contributed by atoms with Gasteiger partial charge in [0.25, 0.3) is 5.91 Å². The van der Waals surface area contributed by atoms with Crippen LogP contribution in [0.2, 0.25) is 0 Å². The first-order chi connectivity index (χ1) is 9.81. The van der Waals surface area contributed by atoms with E-state index in [2.05, 4.69) is 0 Å². The molecule has 1 aliphatic rings. The molecule has 1 amide bonds. The van der Waals surface area contributed by atoms with Crippen LogP contribution in [-0.2, 0) is 16.6 Å². The van der Waals surface area contributed by atoms with Crippen LogP contribution in [0.4, 0.5) is 0 Å². The van der Waals surface area contributed by atoms with E-state index >= 15 is 0 Å². The molecule has 0 aromatic carbocycles. The summed E-state index contributed by atoms with van der Waals surface area (Å²) in [5.41, 5.74) is 0.884. The Bertz CT molecular complexity index is 634. The highest BCUT2D eigenvalue weighted by atomic mass is 32.2. The smallest absolute Gasteiger partial charge is 0.327 e. The molecule has 1 aromatic rings. The number of amides is 1. The van der Waals surface area contributed by atoms with Gasteiger partial charge in [-0.1, -0.05) is 37.8 Å². The number of carboxylic acid groups (broad SMARTS) is 1. The summed E-state index contributed by atoms with van der Waals surface area (Å²) in [5, 5.41) is 9.33. The standard InChI is InChI=1S/C14H16N2O3S2/c1-8(2)11(13(18)19)16-12(17)10(21-14(16)20)6-9-4-5-15(3)7-9/h4-8,11H,1-3H3,(H,18,19)/b10-6+/t11-/m1/s1. The Morgan fingerprint density at radius 3 is 2.62 bits per heavy atom. The predicted molar refractivity (Wildman–Crippen MR) is 86.7 cm³/mol. The van der Waals surface area contributed by atoms with Crippen molar-refractivity contribution in [3.8, 4) is 0 Å². The first-order valence-electron chi connectivity index (χ1n) is 6.43. The van der Waals surface area contributed by atoms with E-state index in [1.54, 1.807) is 19.9 Å². The van der Waals surface area contributed by atoms with E-state index in [1.165, 1.54) is 4.90 Å². The number of thiocarbonyl (C=S) groups is 1. The van der Waals surface area contributed by atoms with E-state index in [-0.39, 0.29) is 11.8 Å². The van der Waals surface area contributed by atoms with E-state index in [9.17, 15) is 14.7 Å². The maximum Gasteiger partial charge on any atom is 0.327 e. The number of aromatic nitrogens is 1. The molecule has 1 aliphatic heterocycles. The third-order valence-corrected chi connectivity index (χ3v) is 4.47. The molecular formula is C14H16N2O3S2. The highest BCUT2D eigenvalue weighted by Crippen LogP contribution is 2.35. The summed E-state index contributed by atoms with van der Waals surface area (Å²) in [6.45, 7) is 3.52. The Kier molecular flexibility index (Phi) is 4.53. The van der Waals surface area contributed by atoms with Crippen LogP contribution in [0.3, 0.4) is 0 Å². The maximum absolute atomic E-state index is 12.5. The lowest BCUT2D eigenvalue weighted by Gasteiger charge is -2.26. The van der Waals surface area contributed by atoms with Gasteiger partial charge in [0.2, 0.25) is 0 Å². The fourth-order valence-corrected chi connectivity index (χ4v) is 3.50. The van der Waals surface area contributed by atoms with E-state index in [1.807, 2.05) is 30.1 Å². The van der Waals surface area contributed by atoms with Gasteiger partial charge in [0.1, 0.15) is 10.4 Å². The van der Waals surface area contributed by atoms with Crippen LogP contribution in [-0.4, -0.2) is 36.8 Å². The molecule has 2 rings (SSSR count). The third kappa shape index (κ3) is 3.19. The first kappa shape index (κ1) is 15.8. The van der Waals surface area contributed by atoms with Crippen molar-refractivity contribution in [1.29, 1.82) is 0 Å². The molecule has 0 unspecified atom stereocenters. The van der Waals surface area contributed by atoms with Crippen molar-refractivity contribution in [2.75, 3.05) is 0 Å². The topological polar surface area (TPSA) is 62.5 Å². The molecule has 21 heavy (non-hydrogen) atoms. The van der Waals surface area contributed by atoms with Gasteiger partial charge < -0.3 is 9.67 Å². The van der Waals surface area contributed by atoms with Crippen LogP contribution < -0.4 is 0 Å². The van der Waals surface area contributed by atoms with Gasteiger partial charge in [-0.2, -0.15) is 0 Å². The van der Waals surface area contributed by atoms with Crippen LogP contribution in [0, 0.1) is 5.92 Å². The number of aliphatic carboxylic acids is 1. The first-order valence-corrected chi connectivity index (χ1v) is 7.65. The van der Waals surface area contributed by atoms with Crippen LogP contribution in [0.15, 0.2) is 23.4 Å². The van der Waals surface area contributed by atoms with Crippen molar-refractivity contribution < 1.29 is 14.7 Å². The molecule has 0 spiro atoms. The SMILES string of the molecule is CC(C)[C@H](C(=O)O)N1C(=O)/C(=C\c2ccn(C)c2)SC1=S. The van der Waals surface area contributed by atoms with Gasteiger partial charge >= 0.3 is 5.97 Å². The summed E-state index contributed by atoms with van der Waals surface area (Å²) in [4.78, 5) is 25.5. The average Bonchev–Trinajstić information content (AvgIpc) is 2.88. The Hall–Kier alpha value is -1.60. The third-order valence-electron chi connectivity index (χ3n) is 3.14. The number of carbonyl (C=O) groups is 2. The van der Waals surface area contributed by atoms with Gasteiger partial charge in [-0.15, -0.1) is 0 Å². The molecule has 7 heteroatoms. The van der Waals surface area contributed by atoms with Crippen molar-refractivity contribution >= 4 is 46.3 Å². The summed E-state index contributed by atoms with van der Waals surface area (Å²) in [5.74, 6) is -1.60. The molecule has 0 saturated carbocycles. The van der Waals surface area contributed by atoms with Crippen LogP contribution >= 0.6 is 24.0 Å². The van der Waals surface area contributed by atoms with E-state index in [0.29, 0.717) is 9.23 Å². The summed E-state index contributed by atoms with van der Waals surface area (Å²) >= 11 is 6.33. The lowest BCUT2D eigenvalue weighted by Crippen LogP contribution is -2.47. The number of rotatable bonds is 4. The van der Waals surface area contributed by atoms with Crippen molar-refractivity contribution in [2.24, 2.45) is 13.0 Å². The van der Waals surface area contributed by atoms with Gasteiger partial charge in [0.15, 0.2) is 0 Å². The largest absolute Gasteiger partial charge is 0.480 e. The molecule has 1 atom stereocenters. The fraction of sp³-hybridized carbons (Fsp3) is 0.357. The van der Waals surface area contributed by atoms with Crippen LogP contribution in [0.25, 0.3) is 6.08 Å². The zero-order valence-corrected chi connectivity index (χ0v) is 13.6. The molecule has 1 N–H and O–H groups in total. The summed E-state index contributed by atoms with van der Waals surface area (Å²) in [7, 11) is 1.89. The highest BCUT2D eigenvalue weighted by Gasteiger charge is 2.41. The van der Waals surface area contributed by atoms with Gasteiger partial charge in [-0.05, 0) is 23.6 Å². The van der Waals surface area contributed by atoms with Gasteiger partial charge in [-0.3, -0.25) is 9.69 Å². The summed E-state index contributed by atoms with van der Waals surface area (Å²) < 4.78 is 2.17. The summed E-state index contributed by atoms with van der Waals surface area (Å²) in [6, 6.07) is 0.947. The Labute approximate surface area is 132 Å². The highest BCUT2D eigenvalue weighted by molar-refractivity contribution is 8.26. The number of carboxylic acids is 1. The molecule has 5 nitrogen and oxygen atoms in total. The quantitative estimate of drug-likeness (QED) is 0.680. The molecule has 1 fully saturated rings. The van der Waals surface area contributed by atoms with Crippen molar-refractivity contribution in [1.82, 2.24) is 9.47 Å². The lowest BCUT2D eigenvalue weighted by atomic mass is 10.0. The molecule has 112 valence electrons. The Balaban J connectivity index is 2.32. The molecule has 1 aromatic heterocycles. The molecule has 2 heterocycles. The minimum absolute atomic E-state index is 0.221. The van der Waals surface area contributed by atoms with Gasteiger partial charge in [0.05, 0.1) is 4.91 Å². The Morgan fingerprint density at radius 2 is 2.14 bits per heavy atom. The molecule has 0 aliphatic carbocycles. The minimum atomic E-state index is -1.04. The number of aryl methyl sites for hydroxylation is 1. The second-order valence-electron chi connectivity index (χ2n) is 5.19. The van der Waals surface area contributed by atoms with E-state index < -0.39 is 12.0 Å². The summed E-state index contributed by atoms with van der Waals surface area (Å²) in [6.07, 6.45) is 5.49. The monoisotopic (exact) mass is 324 g/mol. The Morgan fingerprint density at radius 1 is 1.48 bits per heavy atom. The van der Waals surface area contributed by atoms with Crippen LogP contribution in [0.1, 0.15) is 19.4 Å². The van der Waals surface area contributed by atoms with Crippen molar-refractivity contribution in [2.45, 2.75) is 19.9 Å². The zero-order valence-electron chi connectivity index (χ0n) is 11.9. The van der Waals surface area contributed by atoms with E-state index in [4.69, 9.17) is 12.2 Å². The second kappa shape index (κ2) is 6.03. The van der Waals surface area contributed by atoms with Crippen molar-refractivity contribution in [3.63, 3.8) is 0 Å². The fourth-order valence-electron chi connectivity index (χ4n) is 2.17. The number of carbonyl (C=O) groups excluding carboxylic acids is 1.